The van der Waals surface area contributed by atoms with Gasteiger partial charge in [-0.15, -0.1) is 0 Å². The number of rotatable bonds is 6. The van der Waals surface area contributed by atoms with Gasteiger partial charge in [-0.05, 0) is 39.8 Å². The van der Waals surface area contributed by atoms with Crippen LogP contribution in [0.4, 0.5) is 0 Å². The molecule has 0 aliphatic rings. The molecule has 0 aliphatic carbocycles. The summed E-state index contributed by atoms with van der Waals surface area (Å²) in [6.07, 6.45) is 7.36. The molecule has 1 heterocycles. The lowest BCUT2D eigenvalue weighted by Crippen LogP contribution is -2.15. The fraction of sp³-hybridized carbons (Fsp3) is 0.583. The lowest BCUT2D eigenvalue weighted by atomic mass is 10.3. The first-order chi connectivity index (χ1) is 7.24. The predicted molar refractivity (Wildman–Crippen MR) is 63.7 cm³/mol. The number of nitrogens with one attached hydrogen (secondary N) is 1. The van der Waals surface area contributed by atoms with Crippen LogP contribution in [0.5, 0.6) is 0 Å². The van der Waals surface area contributed by atoms with Crippen molar-refractivity contribution in [2.45, 2.75) is 39.8 Å². The average molecular weight is 207 g/mol. The van der Waals surface area contributed by atoms with Gasteiger partial charge in [0.25, 0.3) is 0 Å². The van der Waals surface area contributed by atoms with E-state index in [0.29, 0.717) is 6.04 Å². The first-order valence-electron chi connectivity index (χ1n) is 5.60. The normalized spacial score (nSPS) is 11.7. The Morgan fingerprint density at radius 1 is 1.53 bits per heavy atom. The predicted octanol–water partition coefficient (Wildman–Crippen LogP) is 2.52. The molecule has 0 bridgehead atoms. The Bertz CT molecular complexity index is 300. The zero-order valence-electron chi connectivity index (χ0n) is 9.90. The Morgan fingerprint density at radius 2 is 2.33 bits per heavy atom. The van der Waals surface area contributed by atoms with E-state index in [-0.39, 0.29) is 0 Å². The van der Waals surface area contributed by atoms with Crippen molar-refractivity contribution >= 4 is 0 Å². The van der Waals surface area contributed by atoms with Crippen LogP contribution in [0.3, 0.4) is 0 Å². The second-order valence-corrected chi connectivity index (χ2v) is 3.92. The minimum absolute atomic E-state index is 0.446. The van der Waals surface area contributed by atoms with Gasteiger partial charge in [0.15, 0.2) is 0 Å². The maximum atomic E-state index is 4.46. The van der Waals surface area contributed by atoms with Gasteiger partial charge >= 0.3 is 0 Å². The third kappa shape index (κ3) is 4.30. The quantitative estimate of drug-likeness (QED) is 0.574. The molecule has 0 fully saturated rings. The zero-order valence-corrected chi connectivity index (χ0v) is 9.90. The number of allylic oxidation sites excluding steroid dienone is 1. The molecule has 1 aromatic heterocycles. The van der Waals surface area contributed by atoms with Gasteiger partial charge in [-0.25, -0.2) is 0 Å². The van der Waals surface area contributed by atoms with Crippen molar-refractivity contribution in [3.63, 3.8) is 0 Å². The Hall–Kier alpha value is -1.09. The number of hydrogen-bond donors (Lipinski definition) is 1. The second-order valence-electron chi connectivity index (χ2n) is 3.92. The van der Waals surface area contributed by atoms with Crippen LogP contribution >= 0.6 is 0 Å². The summed E-state index contributed by atoms with van der Waals surface area (Å²) in [5.74, 6) is 0. The summed E-state index contributed by atoms with van der Waals surface area (Å²) in [6.45, 7) is 8.19. The van der Waals surface area contributed by atoms with Crippen LogP contribution in [0.15, 0.2) is 24.4 Å². The minimum atomic E-state index is 0.446. The van der Waals surface area contributed by atoms with Gasteiger partial charge in [0, 0.05) is 18.8 Å². The molecule has 0 unspecified atom stereocenters. The van der Waals surface area contributed by atoms with Crippen molar-refractivity contribution in [1.82, 2.24) is 15.1 Å². The summed E-state index contributed by atoms with van der Waals surface area (Å²) < 4.78 is 1.99. The van der Waals surface area contributed by atoms with Crippen LogP contribution in [-0.2, 0) is 6.54 Å². The Balaban J connectivity index is 2.25. The van der Waals surface area contributed by atoms with Crippen LogP contribution in [0, 0.1) is 0 Å². The molecule has 1 aromatic rings. The number of aromatic nitrogens is 2. The molecule has 0 radical (unpaired) electrons. The third-order valence-electron chi connectivity index (χ3n) is 2.22. The molecule has 1 rings (SSSR count). The molecular formula is C12H21N3. The van der Waals surface area contributed by atoms with E-state index in [1.165, 1.54) is 0 Å². The molecule has 84 valence electrons. The van der Waals surface area contributed by atoms with E-state index in [2.05, 4.69) is 42.5 Å². The van der Waals surface area contributed by atoms with Gasteiger partial charge in [0.05, 0.1) is 5.69 Å². The highest BCUT2D eigenvalue weighted by Gasteiger charge is 2.00. The lowest BCUT2D eigenvalue weighted by Gasteiger charge is -2.04. The first kappa shape index (κ1) is 12.0. The average Bonchev–Trinajstić information content (AvgIpc) is 2.66. The highest BCUT2D eigenvalue weighted by atomic mass is 15.3. The Morgan fingerprint density at radius 3 is 2.93 bits per heavy atom. The summed E-state index contributed by atoms with van der Waals surface area (Å²) in [5.41, 5.74) is 1.11. The first-order valence-corrected chi connectivity index (χ1v) is 5.60. The van der Waals surface area contributed by atoms with Crippen molar-refractivity contribution in [3.05, 3.63) is 30.1 Å². The molecule has 1 N–H and O–H groups in total. The van der Waals surface area contributed by atoms with Crippen LogP contribution in [0.1, 0.15) is 38.9 Å². The van der Waals surface area contributed by atoms with Crippen LogP contribution < -0.4 is 5.32 Å². The fourth-order valence-corrected chi connectivity index (χ4v) is 1.33. The molecule has 0 spiro atoms. The molecule has 0 aliphatic heterocycles. The van der Waals surface area contributed by atoms with Crippen molar-refractivity contribution in [3.8, 4) is 0 Å². The van der Waals surface area contributed by atoms with E-state index < -0.39 is 0 Å². The fourth-order valence-electron chi connectivity index (χ4n) is 1.33. The van der Waals surface area contributed by atoms with E-state index in [0.717, 1.165) is 25.2 Å². The summed E-state index contributed by atoms with van der Waals surface area (Å²) in [5, 5.41) is 7.83. The maximum Gasteiger partial charge on any atom is 0.0762 e. The minimum Gasteiger partial charge on any atom is -0.311 e. The second kappa shape index (κ2) is 6.40. The zero-order chi connectivity index (χ0) is 11.1. The van der Waals surface area contributed by atoms with E-state index in [9.17, 15) is 0 Å². The highest BCUT2D eigenvalue weighted by Crippen LogP contribution is 2.03. The molecule has 0 aromatic carbocycles. The van der Waals surface area contributed by atoms with Crippen LogP contribution in [-0.4, -0.2) is 16.3 Å². The van der Waals surface area contributed by atoms with Gasteiger partial charge in [0.1, 0.15) is 0 Å². The van der Waals surface area contributed by atoms with Gasteiger partial charge < -0.3 is 5.32 Å². The third-order valence-corrected chi connectivity index (χ3v) is 2.22. The summed E-state index contributed by atoms with van der Waals surface area (Å²) in [7, 11) is 0. The maximum absolute atomic E-state index is 4.46. The Labute approximate surface area is 92.2 Å². The molecule has 0 amide bonds. The van der Waals surface area contributed by atoms with Crippen molar-refractivity contribution < 1.29 is 0 Å². The van der Waals surface area contributed by atoms with E-state index in [4.69, 9.17) is 0 Å². The lowest BCUT2D eigenvalue weighted by molar-refractivity contribution is 0.522. The molecule has 0 saturated carbocycles. The van der Waals surface area contributed by atoms with Crippen LogP contribution in [0.2, 0.25) is 0 Å². The topological polar surface area (TPSA) is 29.9 Å². The van der Waals surface area contributed by atoms with Gasteiger partial charge in [0.2, 0.25) is 0 Å². The van der Waals surface area contributed by atoms with Crippen LogP contribution in [0.25, 0.3) is 0 Å². The highest BCUT2D eigenvalue weighted by molar-refractivity contribution is 4.99. The largest absolute Gasteiger partial charge is 0.311 e. The van der Waals surface area contributed by atoms with Crippen molar-refractivity contribution in [1.29, 1.82) is 0 Å². The van der Waals surface area contributed by atoms with E-state index in [1.54, 1.807) is 0 Å². The van der Waals surface area contributed by atoms with E-state index >= 15 is 0 Å². The number of hydrogen-bond acceptors (Lipinski definition) is 2. The molecule has 3 nitrogen and oxygen atoms in total. The van der Waals surface area contributed by atoms with Gasteiger partial charge in [-0.1, -0.05) is 12.2 Å². The Kier molecular flexibility index (Phi) is 5.12. The summed E-state index contributed by atoms with van der Waals surface area (Å²) in [4.78, 5) is 0. The standard InChI is InChI=1S/C12H21N3/c1-4-5-6-8-13-10-12-7-9-15(14-12)11(2)3/h4-5,7,9,11,13H,6,8,10H2,1-3H3/b5-4+. The molecule has 0 saturated heterocycles. The summed E-state index contributed by atoms with van der Waals surface area (Å²) >= 11 is 0. The monoisotopic (exact) mass is 207 g/mol. The molecule has 0 atom stereocenters. The SMILES string of the molecule is C/C=C/CCNCc1ccn(C(C)C)n1. The smallest absolute Gasteiger partial charge is 0.0762 e. The molecular weight excluding hydrogens is 186 g/mol. The van der Waals surface area contributed by atoms with Crippen molar-refractivity contribution in [2.24, 2.45) is 0 Å². The number of nitrogens with zero attached hydrogens (tertiary/aromatic N) is 2. The molecule has 15 heavy (non-hydrogen) atoms. The van der Waals surface area contributed by atoms with Gasteiger partial charge in [-0.2, -0.15) is 5.10 Å². The van der Waals surface area contributed by atoms with E-state index in [1.807, 2.05) is 17.8 Å². The summed E-state index contributed by atoms with van der Waals surface area (Å²) in [6, 6.07) is 2.52. The molecule has 3 heteroatoms. The van der Waals surface area contributed by atoms with Crippen molar-refractivity contribution in [2.75, 3.05) is 6.54 Å². The van der Waals surface area contributed by atoms with Gasteiger partial charge in [-0.3, -0.25) is 4.68 Å².